The van der Waals surface area contributed by atoms with Gasteiger partial charge in [-0.25, -0.2) is 0 Å². The highest BCUT2D eigenvalue weighted by molar-refractivity contribution is 8.00. The number of nitrogens with zero attached hydrogens (tertiary/aromatic N) is 3. The summed E-state index contributed by atoms with van der Waals surface area (Å²) in [6.45, 7) is 0.462. The van der Waals surface area contributed by atoms with Crippen LogP contribution in [0.1, 0.15) is 43.8 Å². The lowest BCUT2D eigenvalue weighted by atomic mass is 9.87. The quantitative estimate of drug-likeness (QED) is 0.847. The summed E-state index contributed by atoms with van der Waals surface area (Å²) in [7, 11) is 0. The van der Waals surface area contributed by atoms with E-state index in [0.29, 0.717) is 24.1 Å². The highest BCUT2D eigenvalue weighted by Gasteiger charge is 2.23. The fourth-order valence-electron chi connectivity index (χ4n) is 2.79. The first-order valence-electron chi connectivity index (χ1n) is 6.98. The predicted octanol–water partition coefficient (Wildman–Crippen LogP) is 2.23. The molecule has 3 rings (SSSR count). The highest BCUT2D eigenvalue weighted by Crippen LogP contribution is 2.26. The zero-order valence-electron chi connectivity index (χ0n) is 11.0. The van der Waals surface area contributed by atoms with Gasteiger partial charge in [-0.05, 0) is 5.92 Å². The molecule has 104 valence electrons. The summed E-state index contributed by atoms with van der Waals surface area (Å²) in [4.78, 5) is 17.7. The average Bonchev–Trinajstić information content (AvgIpc) is 3.02. The van der Waals surface area contributed by atoms with Crippen LogP contribution in [0.4, 0.5) is 0 Å². The highest BCUT2D eigenvalue weighted by atomic mass is 32.2. The molecular weight excluding hydrogens is 262 g/mol. The van der Waals surface area contributed by atoms with Crippen LogP contribution in [0.3, 0.4) is 0 Å². The van der Waals surface area contributed by atoms with Gasteiger partial charge in [-0.15, -0.1) is 11.8 Å². The van der Waals surface area contributed by atoms with E-state index in [1.54, 1.807) is 16.7 Å². The molecule has 19 heavy (non-hydrogen) atoms. The van der Waals surface area contributed by atoms with Gasteiger partial charge in [0, 0.05) is 6.42 Å². The van der Waals surface area contributed by atoms with E-state index in [1.165, 1.54) is 32.1 Å². The monoisotopic (exact) mass is 281 g/mol. The molecule has 0 atom stereocenters. The second-order valence-electron chi connectivity index (χ2n) is 5.38. The van der Waals surface area contributed by atoms with Gasteiger partial charge in [-0.2, -0.15) is 4.98 Å². The lowest BCUT2D eigenvalue weighted by Crippen LogP contribution is -2.25. The number of carbonyl (C=O) groups is 1. The number of aromatic nitrogens is 2. The van der Waals surface area contributed by atoms with Crippen LogP contribution in [0.2, 0.25) is 0 Å². The van der Waals surface area contributed by atoms with Crippen LogP contribution in [-0.4, -0.2) is 32.6 Å². The van der Waals surface area contributed by atoms with Crippen molar-refractivity contribution in [2.75, 3.05) is 11.6 Å². The smallest absolute Gasteiger partial charge is 0.246 e. The van der Waals surface area contributed by atoms with Crippen molar-refractivity contribution in [1.82, 2.24) is 15.0 Å². The Balaban J connectivity index is 1.55. The molecule has 1 aromatic heterocycles. The Hall–Kier alpha value is -1.04. The van der Waals surface area contributed by atoms with Gasteiger partial charge in [0.25, 0.3) is 0 Å². The molecule has 5 nitrogen and oxygen atoms in total. The molecule has 1 aromatic rings. The van der Waals surface area contributed by atoms with Crippen molar-refractivity contribution >= 4 is 17.7 Å². The number of thioether (sulfide) groups is 1. The molecule has 1 saturated carbocycles. The molecule has 0 spiro atoms. The van der Waals surface area contributed by atoms with Crippen LogP contribution >= 0.6 is 11.8 Å². The first-order chi connectivity index (χ1) is 9.31. The second kappa shape index (κ2) is 5.94. The van der Waals surface area contributed by atoms with E-state index in [4.69, 9.17) is 4.52 Å². The molecule has 0 aromatic carbocycles. The molecule has 2 fully saturated rings. The van der Waals surface area contributed by atoms with Crippen LogP contribution in [0, 0.1) is 5.92 Å². The topological polar surface area (TPSA) is 59.2 Å². The minimum absolute atomic E-state index is 0.164. The Morgan fingerprint density at radius 3 is 2.89 bits per heavy atom. The first kappa shape index (κ1) is 13.0. The lowest BCUT2D eigenvalue weighted by Gasteiger charge is -2.19. The van der Waals surface area contributed by atoms with Gasteiger partial charge < -0.3 is 9.42 Å². The molecule has 2 heterocycles. The van der Waals surface area contributed by atoms with Gasteiger partial charge in [0.05, 0.1) is 11.6 Å². The number of hydrogen-bond donors (Lipinski definition) is 0. The maximum atomic E-state index is 11.5. The summed E-state index contributed by atoms with van der Waals surface area (Å²) in [6, 6.07) is 0. The summed E-state index contributed by atoms with van der Waals surface area (Å²) in [5.74, 6) is 3.56. The minimum atomic E-state index is 0.164. The van der Waals surface area contributed by atoms with Crippen LogP contribution in [0.5, 0.6) is 0 Å². The Morgan fingerprint density at radius 1 is 1.32 bits per heavy atom. The number of carbonyl (C=O) groups excluding carboxylic acids is 1. The van der Waals surface area contributed by atoms with Gasteiger partial charge in [0.15, 0.2) is 5.82 Å². The van der Waals surface area contributed by atoms with Crippen LogP contribution in [-0.2, 0) is 17.8 Å². The molecule has 0 bridgehead atoms. The molecule has 0 radical (unpaired) electrons. The Kier molecular flexibility index (Phi) is 4.06. The normalized spacial score (nSPS) is 21.3. The standard InChI is InChI=1S/C13H19N3O2S/c17-13-8-19-9-16(13)7-12-14-11(15-18-12)6-10-4-2-1-3-5-10/h10H,1-9H2. The number of rotatable bonds is 4. The van der Waals surface area contributed by atoms with Gasteiger partial charge in [0.2, 0.25) is 11.8 Å². The molecule has 2 aliphatic rings. The molecule has 0 N–H and O–H groups in total. The Morgan fingerprint density at radius 2 is 2.16 bits per heavy atom. The fraction of sp³-hybridized carbons (Fsp3) is 0.769. The van der Waals surface area contributed by atoms with Gasteiger partial charge in [0.1, 0.15) is 6.54 Å². The maximum Gasteiger partial charge on any atom is 0.246 e. The summed E-state index contributed by atoms with van der Waals surface area (Å²) in [6.07, 6.45) is 7.51. The van der Waals surface area contributed by atoms with Crippen molar-refractivity contribution < 1.29 is 9.32 Å². The lowest BCUT2D eigenvalue weighted by molar-refractivity contribution is -0.127. The molecule has 1 aliphatic heterocycles. The van der Waals surface area contributed by atoms with E-state index in [1.807, 2.05) is 0 Å². The summed E-state index contributed by atoms with van der Waals surface area (Å²) >= 11 is 1.63. The van der Waals surface area contributed by atoms with E-state index >= 15 is 0 Å². The first-order valence-corrected chi connectivity index (χ1v) is 8.14. The van der Waals surface area contributed by atoms with Crippen molar-refractivity contribution in [3.8, 4) is 0 Å². The van der Waals surface area contributed by atoms with Crippen molar-refractivity contribution in [2.45, 2.75) is 45.1 Å². The van der Waals surface area contributed by atoms with Gasteiger partial charge in [-0.3, -0.25) is 4.79 Å². The molecule has 0 unspecified atom stereocenters. The zero-order chi connectivity index (χ0) is 13.1. The third kappa shape index (κ3) is 3.29. The third-order valence-corrected chi connectivity index (χ3v) is 4.80. The van der Waals surface area contributed by atoms with Crippen molar-refractivity contribution in [3.63, 3.8) is 0 Å². The molecule has 6 heteroatoms. The van der Waals surface area contributed by atoms with E-state index in [2.05, 4.69) is 10.1 Å². The van der Waals surface area contributed by atoms with E-state index in [0.717, 1.165) is 18.1 Å². The molecule has 1 saturated heterocycles. The van der Waals surface area contributed by atoms with Crippen LogP contribution in [0.15, 0.2) is 4.52 Å². The average molecular weight is 281 g/mol. The number of hydrogen-bond acceptors (Lipinski definition) is 5. The van der Waals surface area contributed by atoms with Gasteiger partial charge in [-0.1, -0.05) is 37.3 Å². The molecule has 1 amide bonds. The maximum absolute atomic E-state index is 11.5. The Bertz CT molecular complexity index is 443. The predicted molar refractivity (Wildman–Crippen MR) is 72.5 cm³/mol. The van der Waals surface area contributed by atoms with Crippen molar-refractivity contribution in [2.24, 2.45) is 5.92 Å². The SMILES string of the molecule is O=C1CSCN1Cc1nc(CC2CCCCC2)no1. The third-order valence-electron chi connectivity index (χ3n) is 3.86. The fourth-order valence-corrected chi connectivity index (χ4v) is 3.69. The van der Waals surface area contributed by atoms with E-state index < -0.39 is 0 Å². The molecular formula is C13H19N3O2S. The van der Waals surface area contributed by atoms with E-state index in [-0.39, 0.29) is 5.91 Å². The molecule has 1 aliphatic carbocycles. The van der Waals surface area contributed by atoms with Gasteiger partial charge >= 0.3 is 0 Å². The minimum Gasteiger partial charge on any atom is -0.337 e. The second-order valence-corrected chi connectivity index (χ2v) is 6.34. The summed E-state index contributed by atoms with van der Waals surface area (Å²) < 4.78 is 5.25. The van der Waals surface area contributed by atoms with Crippen molar-refractivity contribution in [1.29, 1.82) is 0 Å². The van der Waals surface area contributed by atoms with Crippen molar-refractivity contribution in [3.05, 3.63) is 11.7 Å². The summed E-state index contributed by atoms with van der Waals surface area (Å²) in [5.41, 5.74) is 0. The Labute approximate surface area is 117 Å². The van der Waals surface area contributed by atoms with Crippen LogP contribution in [0.25, 0.3) is 0 Å². The van der Waals surface area contributed by atoms with Crippen LogP contribution < -0.4 is 0 Å². The number of amides is 1. The van der Waals surface area contributed by atoms with E-state index in [9.17, 15) is 4.79 Å². The summed E-state index contributed by atoms with van der Waals surface area (Å²) in [5, 5.41) is 4.05. The zero-order valence-corrected chi connectivity index (χ0v) is 11.8. The largest absolute Gasteiger partial charge is 0.337 e.